The van der Waals surface area contributed by atoms with Gasteiger partial charge in [-0.1, -0.05) is 35.9 Å². The maximum absolute atomic E-state index is 2.24. The van der Waals surface area contributed by atoms with Gasteiger partial charge in [-0.25, -0.2) is 0 Å². The minimum Gasteiger partial charge on any atom is -0.0667 e. The van der Waals surface area contributed by atoms with E-state index < -0.39 is 0 Å². The summed E-state index contributed by atoms with van der Waals surface area (Å²) in [5.74, 6) is 0. The molecule has 0 spiro atoms. The van der Waals surface area contributed by atoms with Crippen molar-refractivity contribution in [3.63, 3.8) is 0 Å². The Morgan fingerprint density at radius 1 is 1.08 bits per heavy atom. The van der Waals surface area contributed by atoms with Crippen molar-refractivity contribution in [1.29, 1.82) is 0 Å². The number of benzene rings is 1. The lowest BCUT2D eigenvalue weighted by Crippen LogP contribution is -1.99. The highest BCUT2D eigenvalue weighted by molar-refractivity contribution is 5.67. The number of rotatable bonds is 1. The summed E-state index contributed by atoms with van der Waals surface area (Å²) in [6, 6.07) is 10.7. The quantitative estimate of drug-likeness (QED) is 0.585. The highest BCUT2D eigenvalue weighted by Gasteiger charge is 2.11. The Balaban J connectivity index is 2.31. The molecule has 0 amide bonds. The van der Waals surface area contributed by atoms with E-state index in [9.17, 15) is 0 Å². The van der Waals surface area contributed by atoms with E-state index in [0.29, 0.717) is 0 Å². The van der Waals surface area contributed by atoms with Crippen molar-refractivity contribution in [3.8, 4) is 0 Å². The van der Waals surface area contributed by atoms with Crippen LogP contribution in [0.15, 0.2) is 35.9 Å². The highest BCUT2D eigenvalue weighted by Crippen LogP contribution is 2.32. The van der Waals surface area contributed by atoms with Crippen LogP contribution >= 0.6 is 0 Å². The number of hydrogen-bond donors (Lipinski definition) is 0. The Morgan fingerprint density at radius 2 is 1.75 bits per heavy atom. The normalized spacial score (nSPS) is 15.6. The van der Waals surface area contributed by atoms with Gasteiger partial charge in [0.05, 0.1) is 0 Å². The van der Waals surface area contributed by atoms with Crippen molar-refractivity contribution in [2.45, 2.75) is 26.2 Å². The van der Waals surface area contributed by atoms with Crippen molar-refractivity contribution in [3.05, 3.63) is 41.5 Å². The molecule has 0 aliphatic heterocycles. The van der Waals surface area contributed by atoms with Crippen molar-refractivity contribution in [2.75, 3.05) is 0 Å². The minimum absolute atomic E-state index is 1.32. The van der Waals surface area contributed by atoms with Crippen LogP contribution in [0.1, 0.15) is 31.7 Å². The lowest BCUT2D eigenvalue weighted by Gasteiger charge is -2.20. The molecule has 0 unspecified atom stereocenters. The first-order valence-electron chi connectivity index (χ1n) is 4.62. The Kier molecular flexibility index (Phi) is 1.99. The molecular weight excluding hydrogens is 144 g/mol. The van der Waals surface area contributed by atoms with E-state index in [-0.39, 0.29) is 0 Å². The molecule has 62 valence electrons. The molecule has 0 aromatic heterocycles. The van der Waals surface area contributed by atoms with Gasteiger partial charge >= 0.3 is 0 Å². The van der Waals surface area contributed by atoms with Crippen molar-refractivity contribution in [1.82, 2.24) is 0 Å². The Labute approximate surface area is 73.9 Å². The monoisotopic (exact) mass is 158 g/mol. The maximum Gasteiger partial charge on any atom is -0.0228 e. The van der Waals surface area contributed by atoms with Crippen LogP contribution < -0.4 is 0 Å². The van der Waals surface area contributed by atoms with E-state index >= 15 is 0 Å². The van der Waals surface area contributed by atoms with Gasteiger partial charge in [0.2, 0.25) is 0 Å². The van der Waals surface area contributed by atoms with Crippen LogP contribution in [-0.2, 0) is 0 Å². The average molecular weight is 158 g/mol. The van der Waals surface area contributed by atoms with Crippen LogP contribution in [0.2, 0.25) is 0 Å². The first-order valence-corrected chi connectivity index (χ1v) is 4.62. The van der Waals surface area contributed by atoms with Crippen molar-refractivity contribution in [2.24, 2.45) is 0 Å². The first-order chi connectivity index (χ1) is 5.88. The zero-order valence-electron chi connectivity index (χ0n) is 7.51. The minimum atomic E-state index is 1.32. The number of allylic oxidation sites excluding steroid dienone is 2. The summed E-state index contributed by atoms with van der Waals surface area (Å²) in [5, 5.41) is 0. The molecule has 1 aromatic rings. The van der Waals surface area contributed by atoms with Gasteiger partial charge in [-0.05, 0) is 37.3 Å². The Bertz CT molecular complexity index is 287. The topological polar surface area (TPSA) is 0 Å². The zero-order chi connectivity index (χ0) is 8.39. The largest absolute Gasteiger partial charge is 0.0667 e. The highest BCUT2D eigenvalue weighted by atomic mass is 14.2. The van der Waals surface area contributed by atoms with E-state index in [0.717, 1.165) is 0 Å². The molecule has 1 aliphatic rings. The van der Waals surface area contributed by atoms with Gasteiger partial charge in [-0.15, -0.1) is 0 Å². The van der Waals surface area contributed by atoms with Gasteiger partial charge in [0, 0.05) is 0 Å². The molecule has 0 atom stereocenters. The second-order valence-corrected chi connectivity index (χ2v) is 3.45. The lowest BCUT2D eigenvalue weighted by molar-refractivity contribution is 0.665. The summed E-state index contributed by atoms with van der Waals surface area (Å²) in [5.41, 5.74) is 4.55. The molecule has 0 nitrogen and oxygen atoms in total. The predicted molar refractivity (Wildman–Crippen MR) is 52.9 cm³/mol. The fourth-order valence-electron chi connectivity index (χ4n) is 1.62. The van der Waals surface area contributed by atoms with Crippen LogP contribution in [0, 0.1) is 0 Å². The maximum atomic E-state index is 2.24. The van der Waals surface area contributed by atoms with Gasteiger partial charge < -0.3 is 0 Å². The fraction of sp³-hybridized carbons (Fsp3) is 0.333. The fourth-order valence-corrected chi connectivity index (χ4v) is 1.62. The van der Waals surface area contributed by atoms with Crippen LogP contribution in [0.5, 0.6) is 0 Å². The molecule has 1 aromatic carbocycles. The van der Waals surface area contributed by atoms with Gasteiger partial charge in [-0.3, -0.25) is 0 Å². The van der Waals surface area contributed by atoms with E-state index in [1.54, 1.807) is 5.57 Å². The lowest BCUT2D eigenvalue weighted by atomic mass is 9.86. The molecule has 0 radical (unpaired) electrons. The third-order valence-electron chi connectivity index (χ3n) is 2.69. The molecule has 0 saturated heterocycles. The second-order valence-electron chi connectivity index (χ2n) is 3.45. The van der Waals surface area contributed by atoms with E-state index in [1.807, 2.05) is 0 Å². The third-order valence-corrected chi connectivity index (χ3v) is 2.69. The van der Waals surface area contributed by atoms with Crippen LogP contribution in [0.25, 0.3) is 5.57 Å². The zero-order valence-corrected chi connectivity index (χ0v) is 7.51. The summed E-state index contributed by atoms with van der Waals surface area (Å²) in [6.45, 7) is 2.24. The molecule has 1 fully saturated rings. The summed E-state index contributed by atoms with van der Waals surface area (Å²) >= 11 is 0. The predicted octanol–water partition coefficient (Wildman–Crippen LogP) is 3.64. The smallest absolute Gasteiger partial charge is 0.0228 e. The van der Waals surface area contributed by atoms with E-state index in [1.165, 1.54) is 30.4 Å². The van der Waals surface area contributed by atoms with Crippen molar-refractivity contribution >= 4 is 5.57 Å². The molecule has 0 heterocycles. The van der Waals surface area contributed by atoms with E-state index in [2.05, 4.69) is 37.3 Å². The summed E-state index contributed by atoms with van der Waals surface area (Å²) < 4.78 is 0. The second kappa shape index (κ2) is 3.14. The van der Waals surface area contributed by atoms with Crippen LogP contribution in [0.3, 0.4) is 0 Å². The summed E-state index contributed by atoms with van der Waals surface area (Å²) in [7, 11) is 0. The van der Waals surface area contributed by atoms with Gasteiger partial charge in [-0.2, -0.15) is 0 Å². The Hall–Kier alpha value is -1.04. The molecule has 0 bridgehead atoms. The van der Waals surface area contributed by atoms with Crippen LogP contribution in [0.4, 0.5) is 0 Å². The van der Waals surface area contributed by atoms with Crippen LogP contribution in [-0.4, -0.2) is 0 Å². The molecule has 0 heteroatoms. The first kappa shape index (κ1) is 7.60. The summed E-state index contributed by atoms with van der Waals surface area (Å²) in [4.78, 5) is 0. The molecule has 1 saturated carbocycles. The standard InChI is InChI=1S/C12H14/c1-10(12-8-5-9-12)11-6-3-2-4-7-11/h2-4,6-7H,5,8-9H2,1H3. The number of hydrogen-bond acceptors (Lipinski definition) is 0. The van der Waals surface area contributed by atoms with Gasteiger partial charge in [0.15, 0.2) is 0 Å². The van der Waals surface area contributed by atoms with Gasteiger partial charge in [0.1, 0.15) is 0 Å². The molecule has 12 heavy (non-hydrogen) atoms. The SMILES string of the molecule is CC(=C1CCC1)c1ccccc1. The van der Waals surface area contributed by atoms with Crippen molar-refractivity contribution < 1.29 is 0 Å². The average Bonchev–Trinajstić information content (AvgIpc) is 2.03. The van der Waals surface area contributed by atoms with E-state index in [4.69, 9.17) is 0 Å². The Morgan fingerprint density at radius 3 is 2.25 bits per heavy atom. The van der Waals surface area contributed by atoms with Gasteiger partial charge in [0.25, 0.3) is 0 Å². The third kappa shape index (κ3) is 1.29. The molecular formula is C12H14. The molecule has 2 rings (SSSR count). The molecule has 0 N–H and O–H groups in total. The molecule has 1 aliphatic carbocycles. The summed E-state index contributed by atoms with van der Waals surface area (Å²) in [6.07, 6.45) is 4.03.